The molecule has 0 aromatic heterocycles. The average Bonchev–Trinajstić information content (AvgIpc) is 2.27. The number of rotatable bonds is 3. The lowest BCUT2D eigenvalue weighted by Crippen LogP contribution is -2.07. The number of carbonyl (C=O) groups excluding carboxylic acids is 1. The number of hydrogen-bond donors (Lipinski definition) is 1. The summed E-state index contributed by atoms with van der Waals surface area (Å²) in [5, 5.41) is 8.89. The van der Waals surface area contributed by atoms with E-state index in [1.807, 2.05) is 0 Å². The van der Waals surface area contributed by atoms with Gasteiger partial charge in [0.05, 0.1) is 11.1 Å². The first kappa shape index (κ1) is 15.9. The van der Waals surface area contributed by atoms with Crippen molar-refractivity contribution in [2.45, 2.75) is 18.0 Å². The minimum absolute atomic E-state index is 0.201. The lowest BCUT2D eigenvalue weighted by Gasteiger charge is -2.10. The number of benzene rings is 1. The van der Waals surface area contributed by atoms with Gasteiger partial charge in [0.1, 0.15) is 0 Å². The van der Waals surface area contributed by atoms with Crippen molar-refractivity contribution in [2.24, 2.45) is 0 Å². The van der Waals surface area contributed by atoms with Crippen LogP contribution in [0.4, 0.5) is 18.0 Å². The highest BCUT2D eigenvalue weighted by molar-refractivity contribution is 8.38. The standard InChI is InChI=1S/C11H9F3O3S2/c1-2-18-10(17)19-8-5-6(11(12,13)14)3-4-7(8)9(15)16/h3-5H,2H2,1H3,(H,15,16). The lowest BCUT2D eigenvalue weighted by molar-refractivity contribution is -0.137. The summed E-state index contributed by atoms with van der Waals surface area (Å²) < 4.78 is 37.2. The van der Waals surface area contributed by atoms with Crippen molar-refractivity contribution >= 4 is 33.9 Å². The number of alkyl halides is 3. The molecular weight excluding hydrogens is 301 g/mol. The quantitative estimate of drug-likeness (QED) is 0.840. The van der Waals surface area contributed by atoms with Gasteiger partial charge < -0.3 is 5.11 Å². The van der Waals surface area contributed by atoms with Crippen molar-refractivity contribution in [1.29, 1.82) is 0 Å². The zero-order valence-corrected chi connectivity index (χ0v) is 11.3. The predicted octanol–water partition coefficient (Wildman–Crippen LogP) is 4.37. The van der Waals surface area contributed by atoms with Crippen molar-refractivity contribution in [3.8, 4) is 0 Å². The van der Waals surface area contributed by atoms with Crippen molar-refractivity contribution < 1.29 is 27.9 Å². The molecule has 0 aliphatic carbocycles. The smallest absolute Gasteiger partial charge is 0.416 e. The van der Waals surface area contributed by atoms with Gasteiger partial charge in [0, 0.05) is 4.90 Å². The highest BCUT2D eigenvalue weighted by Crippen LogP contribution is 2.35. The maximum absolute atomic E-state index is 12.5. The molecule has 104 valence electrons. The van der Waals surface area contributed by atoms with Gasteiger partial charge in [0.25, 0.3) is 4.45 Å². The largest absolute Gasteiger partial charge is 0.478 e. The minimum Gasteiger partial charge on any atom is -0.478 e. The summed E-state index contributed by atoms with van der Waals surface area (Å²) in [6, 6.07) is 2.23. The van der Waals surface area contributed by atoms with E-state index in [1.165, 1.54) is 0 Å². The molecule has 0 aliphatic rings. The van der Waals surface area contributed by atoms with Crippen LogP contribution in [0.15, 0.2) is 23.1 Å². The number of halogens is 3. The zero-order valence-electron chi connectivity index (χ0n) is 9.65. The monoisotopic (exact) mass is 310 g/mol. The highest BCUT2D eigenvalue weighted by Gasteiger charge is 2.31. The Morgan fingerprint density at radius 3 is 2.42 bits per heavy atom. The Labute approximate surface area is 115 Å². The van der Waals surface area contributed by atoms with Crippen LogP contribution in [0.2, 0.25) is 0 Å². The Morgan fingerprint density at radius 2 is 1.95 bits per heavy atom. The van der Waals surface area contributed by atoms with Crippen LogP contribution in [0.25, 0.3) is 0 Å². The van der Waals surface area contributed by atoms with Gasteiger partial charge in [-0.3, -0.25) is 4.79 Å². The zero-order chi connectivity index (χ0) is 14.6. The Hall–Kier alpha value is -1.15. The Morgan fingerprint density at radius 1 is 1.32 bits per heavy atom. The van der Waals surface area contributed by atoms with Crippen LogP contribution >= 0.6 is 23.5 Å². The van der Waals surface area contributed by atoms with Crippen LogP contribution in [0.3, 0.4) is 0 Å². The number of carboxylic acid groups (broad SMARTS) is 1. The summed E-state index contributed by atoms with van der Waals surface area (Å²) in [5.74, 6) is -0.904. The van der Waals surface area contributed by atoms with Crippen LogP contribution in [-0.2, 0) is 6.18 Å². The normalized spacial score (nSPS) is 11.4. The molecule has 0 saturated carbocycles. The third-order valence-corrected chi connectivity index (χ3v) is 3.85. The molecule has 0 fully saturated rings. The first-order valence-corrected chi connectivity index (χ1v) is 6.85. The van der Waals surface area contributed by atoms with Crippen LogP contribution in [0.1, 0.15) is 22.8 Å². The van der Waals surface area contributed by atoms with Crippen LogP contribution in [-0.4, -0.2) is 21.3 Å². The van der Waals surface area contributed by atoms with E-state index in [2.05, 4.69) is 0 Å². The summed E-state index contributed by atoms with van der Waals surface area (Å²) in [6.45, 7) is 1.72. The maximum Gasteiger partial charge on any atom is 0.416 e. The Kier molecular flexibility index (Phi) is 5.30. The second-order valence-electron chi connectivity index (χ2n) is 3.30. The van der Waals surface area contributed by atoms with Crippen molar-refractivity contribution in [3.63, 3.8) is 0 Å². The molecule has 1 N–H and O–H groups in total. The molecule has 1 aromatic carbocycles. The molecule has 0 aliphatic heterocycles. The second kappa shape index (κ2) is 6.33. The fourth-order valence-electron chi connectivity index (χ4n) is 1.20. The lowest BCUT2D eigenvalue weighted by atomic mass is 10.1. The highest BCUT2D eigenvalue weighted by atomic mass is 32.2. The molecule has 3 nitrogen and oxygen atoms in total. The van der Waals surface area contributed by atoms with Gasteiger partial charge in [-0.25, -0.2) is 4.79 Å². The molecule has 0 amide bonds. The Bertz CT molecular complexity index is 500. The van der Waals surface area contributed by atoms with E-state index in [9.17, 15) is 22.8 Å². The van der Waals surface area contributed by atoms with Gasteiger partial charge in [-0.2, -0.15) is 13.2 Å². The molecule has 0 spiro atoms. The van der Waals surface area contributed by atoms with Crippen LogP contribution in [0.5, 0.6) is 0 Å². The fourth-order valence-corrected chi connectivity index (χ4v) is 2.92. The molecule has 19 heavy (non-hydrogen) atoms. The van der Waals surface area contributed by atoms with Gasteiger partial charge in [-0.1, -0.05) is 18.7 Å². The Balaban J connectivity index is 3.16. The maximum atomic E-state index is 12.5. The van der Waals surface area contributed by atoms with E-state index < -0.39 is 22.2 Å². The number of hydrogen-bond acceptors (Lipinski definition) is 4. The first-order valence-electron chi connectivity index (χ1n) is 5.04. The fraction of sp³-hybridized carbons (Fsp3) is 0.273. The molecular formula is C11H9F3O3S2. The minimum atomic E-state index is -4.58. The molecule has 0 unspecified atom stereocenters. The molecule has 1 rings (SSSR count). The second-order valence-corrected chi connectivity index (χ2v) is 5.81. The topological polar surface area (TPSA) is 54.4 Å². The van der Waals surface area contributed by atoms with E-state index in [4.69, 9.17) is 5.11 Å². The summed E-state index contributed by atoms with van der Waals surface area (Å²) in [4.78, 5) is 22.1. The summed E-state index contributed by atoms with van der Waals surface area (Å²) >= 11 is 1.41. The summed E-state index contributed by atoms with van der Waals surface area (Å²) in [7, 11) is 0. The van der Waals surface area contributed by atoms with Gasteiger partial charge >= 0.3 is 12.1 Å². The van der Waals surface area contributed by atoms with Crippen LogP contribution < -0.4 is 0 Å². The van der Waals surface area contributed by atoms with E-state index in [0.717, 1.165) is 17.8 Å². The van der Waals surface area contributed by atoms with Gasteiger partial charge in [0.2, 0.25) is 0 Å². The van der Waals surface area contributed by atoms with E-state index in [0.29, 0.717) is 29.6 Å². The van der Waals surface area contributed by atoms with E-state index in [1.54, 1.807) is 6.92 Å². The molecule has 1 aromatic rings. The molecule has 0 saturated heterocycles. The SMILES string of the molecule is CCSC(=O)Sc1cc(C(F)(F)F)ccc1C(=O)O. The van der Waals surface area contributed by atoms with E-state index >= 15 is 0 Å². The average molecular weight is 310 g/mol. The number of thioether (sulfide) groups is 2. The predicted molar refractivity (Wildman–Crippen MR) is 67.8 cm³/mol. The van der Waals surface area contributed by atoms with Gasteiger partial charge in [0.15, 0.2) is 0 Å². The first-order chi connectivity index (χ1) is 8.75. The van der Waals surface area contributed by atoms with Crippen molar-refractivity contribution in [3.05, 3.63) is 29.3 Å². The summed E-state index contributed by atoms with van der Waals surface area (Å²) in [5.41, 5.74) is -1.29. The van der Waals surface area contributed by atoms with E-state index in [-0.39, 0.29) is 10.5 Å². The number of carbonyl (C=O) groups is 2. The number of aromatic carboxylic acids is 1. The summed E-state index contributed by atoms with van der Waals surface area (Å²) in [6.07, 6.45) is -4.58. The molecule has 8 heteroatoms. The molecule has 0 radical (unpaired) electrons. The third kappa shape index (κ3) is 4.46. The molecule has 0 atom stereocenters. The van der Waals surface area contributed by atoms with Crippen molar-refractivity contribution in [1.82, 2.24) is 0 Å². The molecule has 0 heterocycles. The van der Waals surface area contributed by atoms with Crippen molar-refractivity contribution in [2.75, 3.05) is 5.75 Å². The third-order valence-electron chi connectivity index (χ3n) is 1.99. The molecule has 0 bridgehead atoms. The van der Waals surface area contributed by atoms with Gasteiger partial charge in [-0.15, -0.1) is 0 Å². The number of carboxylic acids is 1. The van der Waals surface area contributed by atoms with Crippen LogP contribution in [0, 0.1) is 0 Å². The van der Waals surface area contributed by atoms with Gasteiger partial charge in [-0.05, 0) is 35.7 Å².